The van der Waals surface area contributed by atoms with Gasteiger partial charge in [0.05, 0.1) is 17.1 Å². The summed E-state index contributed by atoms with van der Waals surface area (Å²) in [6, 6.07) is 0.504. The number of nitrogens with zero attached hydrogens (tertiary/aromatic N) is 1. The lowest BCUT2D eigenvalue weighted by Crippen LogP contribution is -2.15. The van der Waals surface area contributed by atoms with Crippen molar-refractivity contribution in [2.75, 3.05) is 5.73 Å². The molecule has 1 aromatic heterocycles. The van der Waals surface area contributed by atoms with E-state index >= 15 is 0 Å². The third kappa shape index (κ3) is 2.52. The lowest BCUT2D eigenvalue weighted by atomic mass is 10.1. The molecule has 90 valence electrons. The van der Waals surface area contributed by atoms with Gasteiger partial charge in [-0.05, 0) is 6.07 Å². The highest BCUT2D eigenvalue weighted by Gasteiger charge is 2.39. The zero-order valence-electron chi connectivity index (χ0n) is 7.65. The average molecular weight is 261 g/mol. The zero-order valence-corrected chi connectivity index (χ0v) is 8.41. The lowest BCUT2D eigenvalue weighted by Gasteiger charge is -2.15. The molecule has 2 N–H and O–H groups in total. The Hall–Kier alpha value is -1.11. The minimum Gasteiger partial charge on any atom is -0.384 e. The van der Waals surface area contributed by atoms with Gasteiger partial charge in [0.25, 0.3) is 6.43 Å². The Bertz CT molecular complexity index is 391. The van der Waals surface area contributed by atoms with Gasteiger partial charge in [0.15, 0.2) is 0 Å². The van der Waals surface area contributed by atoms with Crippen molar-refractivity contribution in [2.45, 2.75) is 18.5 Å². The first-order valence-corrected chi connectivity index (χ1v) is 4.51. The van der Waals surface area contributed by atoms with Gasteiger partial charge in [-0.3, -0.25) is 0 Å². The predicted octanol–water partition coefficient (Wildman–Crippen LogP) is 3.36. The fraction of sp³-hybridized carbons (Fsp3) is 0.375. The summed E-state index contributed by atoms with van der Waals surface area (Å²) in [4.78, 5) is 3.29. The van der Waals surface area contributed by atoms with Crippen molar-refractivity contribution in [3.8, 4) is 0 Å². The Morgan fingerprint density at radius 3 is 2.31 bits per heavy atom. The number of hydrogen-bond acceptors (Lipinski definition) is 2. The Labute approximate surface area is 92.2 Å². The highest BCUT2D eigenvalue weighted by atomic mass is 35.5. The maximum Gasteiger partial charge on any atom is 0.418 e. The minimum absolute atomic E-state index is 0.418. The van der Waals surface area contributed by atoms with E-state index < -0.39 is 41.1 Å². The van der Waals surface area contributed by atoms with E-state index in [0.717, 1.165) is 0 Å². The van der Waals surface area contributed by atoms with Crippen LogP contribution in [0, 0.1) is 0 Å². The molecule has 0 saturated carbocycles. The van der Waals surface area contributed by atoms with Crippen LogP contribution < -0.4 is 5.73 Å². The molecule has 2 nitrogen and oxygen atoms in total. The largest absolute Gasteiger partial charge is 0.418 e. The van der Waals surface area contributed by atoms with Crippen LogP contribution in [0.1, 0.15) is 23.2 Å². The van der Waals surface area contributed by atoms with E-state index in [4.69, 9.17) is 17.3 Å². The van der Waals surface area contributed by atoms with Gasteiger partial charge in [-0.2, -0.15) is 13.2 Å². The number of anilines is 1. The highest BCUT2D eigenvalue weighted by molar-refractivity contribution is 6.17. The molecule has 0 saturated heterocycles. The number of aromatic nitrogens is 1. The second-order valence-corrected chi connectivity index (χ2v) is 3.16. The van der Waals surface area contributed by atoms with Gasteiger partial charge in [-0.25, -0.2) is 13.8 Å². The third-order valence-corrected chi connectivity index (χ3v) is 2.04. The fourth-order valence-electron chi connectivity index (χ4n) is 1.24. The molecule has 1 heterocycles. The molecule has 0 fully saturated rings. The maximum absolute atomic E-state index is 12.5. The Morgan fingerprint density at radius 2 is 1.94 bits per heavy atom. The second kappa shape index (κ2) is 4.40. The van der Waals surface area contributed by atoms with Crippen LogP contribution in [-0.4, -0.2) is 4.98 Å². The van der Waals surface area contributed by atoms with Crippen LogP contribution in [-0.2, 0) is 12.1 Å². The Kier molecular flexibility index (Phi) is 3.57. The molecule has 8 heteroatoms. The molecule has 0 aliphatic rings. The molecule has 0 unspecified atom stereocenters. The smallest absolute Gasteiger partial charge is 0.384 e. The van der Waals surface area contributed by atoms with E-state index in [1.165, 1.54) is 0 Å². The van der Waals surface area contributed by atoms with Gasteiger partial charge in [-0.1, -0.05) is 0 Å². The first kappa shape index (κ1) is 13.0. The van der Waals surface area contributed by atoms with Crippen molar-refractivity contribution < 1.29 is 22.0 Å². The fourth-order valence-corrected chi connectivity index (χ4v) is 1.43. The number of rotatable bonds is 2. The second-order valence-electron chi connectivity index (χ2n) is 2.89. The summed E-state index contributed by atoms with van der Waals surface area (Å²) in [6.07, 6.45) is -8.22. The molecule has 16 heavy (non-hydrogen) atoms. The van der Waals surface area contributed by atoms with Gasteiger partial charge < -0.3 is 5.73 Å². The number of pyridine rings is 1. The Morgan fingerprint density at radius 1 is 1.38 bits per heavy atom. The predicted molar refractivity (Wildman–Crippen MR) is 48.2 cm³/mol. The summed E-state index contributed by atoms with van der Waals surface area (Å²) < 4.78 is 62.4. The van der Waals surface area contributed by atoms with E-state index in [-0.39, 0.29) is 0 Å². The first-order valence-electron chi connectivity index (χ1n) is 3.98. The summed E-state index contributed by atoms with van der Waals surface area (Å²) >= 11 is 5.22. The van der Waals surface area contributed by atoms with E-state index in [0.29, 0.717) is 6.07 Å². The van der Waals surface area contributed by atoms with Gasteiger partial charge in [-0.15, -0.1) is 11.6 Å². The highest BCUT2D eigenvalue weighted by Crippen LogP contribution is 2.39. The summed E-state index contributed by atoms with van der Waals surface area (Å²) in [5, 5.41) is 0. The normalized spacial score (nSPS) is 12.2. The first-order chi connectivity index (χ1) is 7.27. The summed E-state index contributed by atoms with van der Waals surface area (Å²) in [6.45, 7) is 0. The summed E-state index contributed by atoms with van der Waals surface area (Å²) in [5.74, 6) is -1.06. The van der Waals surface area contributed by atoms with Crippen molar-refractivity contribution in [1.29, 1.82) is 0 Å². The number of halogens is 6. The maximum atomic E-state index is 12.5. The van der Waals surface area contributed by atoms with Crippen LogP contribution >= 0.6 is 11.6 Å². The van der Waals surface area contributed by atoms with Crippen LogP contribution in [0.5, 0.6) is 0 Å². The van der Waals surface area contributed by atoms with Crippen molar-refractivity contribution in [2.24, 2.45) is 0 Å². The molecule has 0 aliphatic carbocycles. The van der Waals surface area contributed by atoms with Gasteiger partial charge in [0, 0.05) is 5.56 Å². The number of nitrogens with two attached hydrogens (primary N) is 1. The molecular formula is C8H6ClF5N2. The number of nitrogen functional groups attached to an aromatic ring is 1. The minimum atomic E-state index is -4.93. The summed E-state index contributed by atoms with van der Waals surface area (Å²) in [5.41, 5.74) is 1.72. The van der Waals surface area contributed by atoms with Crippen LogP contribution in [0.15, 0.2) is 6.07 Å². The quantitative estimate of drug-likeness (QED) is 0.654. The number of alkyl halides is 6. The molecule has 1 rings (SSSR count). The molecule has 1 aromatic rings. The molecular weight excluding hydrogens is 255 g/mol. The molecule has 0 spiro atoms. The van der Waals surface area contributed by atoms with Crippen LogP contribution in [0.4, 0.5) is 27.8 Å². The molecule has 0 atom stereocenters. The monoisotopic (exact) mass is 260 g/mol. The molecule has 0 aromatic carbocycles. The average Bonchev–Trinajstić information content (AvgIpc) is 2.14. The van der Waals surface area contributed by atoms with Crippen molar-refractivity contribution >= 4 is 17.4 Å². The van der Waals surface area contributed by atoms with Crippen LogP contribution in [0.2, 0.25) is 0 Å². The zero-order chi connectivity index (χ0) is 12.5. The van der Waals surface area contributed by atoms with Gasteiger partial charge >= 0.3 is 6.18 Å². The topological polar surface area (TPSA) is 38.9 Å². The van der Waals surface area contributed by atoms with E-state index in [2.05, 4.69) is 4.98 Å². The standard InChI is InChI=1S/C8H6ClF5N2/c9-2-4-6(8(12,13)14)3(7(10)11)1-5(15)16-4/h1,7H,2H2,(H2,15,16). The van der Waals surface area contributed by atoms with Crippen molar-refractivity contribution in [3.63, 3.8) is 0 Å². The molecule has 0 radical (unpaired) electrons. The summed E-state index contributed by atoms with van der Waals surface area (Å²) in [7, 11) is 0. The molecule has 0 bridgehead atoms. The van der Waals surface area contributed by atoms with Crippen molar-refractivity contribution in [1.82, 2.24) is 4.98 Å². The van der Waals surface area contributed by atoms with Crippen molar-refractivity contribution in [3.05, 3.63) is 22.9 Å². The Balaban J connectivity index is 3.52. The molecule has 0 amide bonds. The lowest BCUT2D eigenvalue weighted by molar-refractivity contribution is -0.140. The van der Waals surface area contributed by atoms with Crippen LogP contribution in [0.3, 0.4) is 0 Å². The van der Waals surface area contributed by atoms with E-state index in [1.807, 2.05) is 0 Å². The SMILES string of the molecule is Nc1cc(C(F)F)c(C(F)(F)F)c(CCl)n1. The van der Waals surface area contributed by atoms with Crippen LogP contribution in [0.25, 0.3) is 0 Å². The van der Waals surface area contributed by atoms with E-state index in [1.54, 1.807) is 0 Å². The molecule has 0 aliphatic heterocycles. The number of hydrogen-bond donors (Lipinski definition) is 1. The third-order valence-electron chi connectivity index (χ3n) is 1.79. The van der Waals surface area contributed by atoms with Gasteiger partial charge in [0.2, 0.25) is 0 Å². The van der Waals surface area contributed by atoms with E-state index in [9.17, 15) is 22.0 Å². The van der Waals surface area contributed by atoms with Gasteiger partial charge in [0.1, 0.15) is 5.82 Å².